The van der Waals surface area contributed by atoms with Gasteiger partial charge in [0, 0.05) is 22.6 Å². The summed E-state index contributed by atoms with van der Waals surface area (Å²) in [5.41, 5.74) is 0.689. The molecule has 0 radical (unpaired) electrons. The average Bonchev–Trinajstić information content (AvgIpc) is 2.78. The van der Waals surface area contributed by atoms with E-state index in [0.29, 0.717) is 10.9 Å². The highest BCUT2D eigenvalue weighted by Crippen LogP contribution is 2.51. The maximum absolute atomic E-state index is 12.3. The van der Waals surface area contributed by atoms with Gasteiger partial charge in [0.05, 0.1) is 45.0 Å². The zero-order valence-corrected chi connectivity index (χ0v) is 18.7. The molecule has 0 amide bonds. The highest BCUT2D eigenvalue weighted by molar-refractivity contribution is 6.34. The van der Waals surface area contributed by atoms with Gasteiger partial charge in [0.2, 0.25) is 0 Å². The van der Waals surface area contributed by atoms with Crippen molar-refractivity contribution in [1.29, 1.82) is 0 Å². The van der Waals surface area contributed by atoms with Crippen LogP contribution < -0.4 is 9.47 Å². The lowest BCUT2D eigenvalue weighted by atomic mass is 9.87. The SMILES string of the molecule is COC(=O)c1c(C)cc(CO)c(-c2c(CO)cc3c(OC)c(Cl)cc(OC)c3c2O)c1O. The first kappa shape index (κ1) is 23.5. The van der Waals surface area contributed by atoms with Crippen LogP contribution in [0.1, 0.15) is 27.0 Å². The Morgan fingerprint density at radius 1 is 0.938 bits per heavy atom. The van der Waals surface area contributed by atoms with E-state index in [1.165, 1.54) is 39.5 Å². The predicted octanol–water partition coefficient (Wildman–Crippen LogP) is 3.67. The van der Waals surface area contributed by atoms with Gasteiger partial charge >= 0.3 is 5.97 Å². The number of rotatable bonds is 6. The number of halogens is 1. The molecule has 3 aromatic rings. The van der Waals surface area contributed by atoms with Crippen molar-refractivity contribution in [1.82, 2.24) is 0 Å². The first-order valence-corrected chi connectivity index (χ1v) is 9.88. The number of esters is 1. The third-order valence-electron chi connectivity index (χ3n) is 5.33. The molecule has 0 saturated heterocycles. The Labute approximate surface area is 189 Å². The van der Waals surface area contributed by atoms with E-state index in [-0.39, 0.29) is 55.5 Å². The van der Waals surface area contributed by atoms with Crippen LogP contribution in [-0.4, -0.2) is 47.7 Å². The minimum atomic E-state index is -0.789. The van der Waals surface area contributed by atoms with Gasteiger partial charge in [-0.15, -0.1) is 0 Å². The Hall–Kier alpha value is -3.20. The number of phenolic OH excluding ortho intramolecular Hbond substituents is 2. The Balaban J connectivity index is 2.56. The molecule has 0 unspecified atom stereocenters. The first-order chi connectivity index (χ1) is 15.2. The van der Waals surface area contributed by atoms with Crippen LogP contribution in [0.3, 0.4) is 0 Å². The standard InChI is InChI=1S/C23H23ClO8/c1-10-5-11(8-25)17(20(27)16(10)23(29)32-4)18-12(9-26)6-13-19(21(18)28)15(30-2)7-14(24)22(13)31-3/h5-7,25-28H,8-9H2,1-4H3. The number of benzene rings is 3. The Kier molecular flexibility index (Phi) is 6.68. The summed E-state index contributed by atoms with van der Waals surface area (Å²) in [6, 6.07) is 4.51. The van der Waals surface area contributed by atoms with E-state index in [2.05, 4.69) is 0 Å². The Morgan fingerprint density at radius 3 is 2.06 bits per heavy atom. The Bertz CT molecular complexity index is 1220. The van der Waals surface area contributed by atoms with Crippen molar-refractivity contribution < 1.29 is 39.4 Å². The largest absolute Gasteiger partial charge is 0.506 e. The van der Waals surface area contributed by atoms with Crippen molar-refractivity contribution >= 4 is 28.3 Å². The molecule has 0 bridgehead atoms. The van der Waals surface area contributed by atoms with Gasteiger partial charge < -0.3 is 34.6 Å². The summed E-state index contributed by atoms with van der Waals surface area (Å²) in [6.07, 6.45) is 0. The van der Waals surface area contributed by atoms with Crippen molar-refractivity contribution in [2.75, 3.05) is 21.3 Å². The molecule has 8 nitrogen and oxygen atoms in total. The van der Waals surface area contributed by atoms with E-state index < -0.39 is 24.9 Å². The second-order valence-corrected chi connectivity index (χ2v) is 7.44. The summed E-state index contributed by atoms with van der Waals surface area (Å²) in [4.78, 5) is 12.3. The molecule has 0 saturated carbocycles. The molecule has 0 spiro atoms. The van der Waals surface area contributed by atoms with E-state index in [9.17, 15) is 25.2 Å². The number of aryl methyl sites for hydroxylation is 1. The van der Waals surface area contributed by atoms with Gasteiger partial charge in [-0.05, 0) is 29.7 Å². The third-order valence-corrected chi connectivity index (χ3v) is 5.61. The summed E-state index contributed by atoms with van der Waals surface area (Å²) < 4.78 is 15.5. The van der Waals surface area contributed by atoms with Crippen LogP contribution in [0.15, 0.2) is 18.2 Å². The van der Waals surface area contributed by atoms with E-state index in [1.54, 1.807) is 6.92 Å². The molecule has 3 rings (SSSR count). The van der Waals surface area contributed by atoms with Crippen molar-refractivity contribution in [2.45, 2.75) is 20.1 Å². The molecule has 0 aliphatic carbocycles. The van der Waals surface area contributed by atoms with Crippen molar-refractivity contribution in [2.24, 2.45) is 0 Å². The lowest BCUT2D eigenvalue weighted by Crippen LogP contribution is -2.08. The molecule has 0 heterocycles. The van der Waals surface area contributed by atoms with Crippen molar-refractivity contribution in [3.8, 4) is 34.1 Å². The van der Waals surface area contributed by atoms with E-state index >= 15 is 0 Å². The monoisotopic (exact) mass is 462 g/mol. The van der Waals surface area contributed by atoms with Crippen LogP contribution >= 0.6 is 11.6 Å². The summed E-state index contributed by atoms with van der Waals surface area (Å²) >= 11 is 6.28. The number of carbonyl (C=O) groups excluding carboxylic acids is 1. The number of aliphatic hydroxyl groups is 2. The average molecular weight is 463 g/mol. The van der Waals surface area contributed by atoms with Crippen LogP contribution in [0.2, 0.25) is 5.02 Å². The number of phenols is 2. The van der Waals surface area contributed by atoms with Gasteiger partial charge in [-0.25, -0.2) is 4.79 Å². The summed E-state index contributed by atoms with van der Waals surface area (Å²) in [5, 5.41) is 43.3. The number of methoxy groups -OCH3 is 3. The lowest BCUT2D eigenvalue weighted by molar-refractivity contribution is 0.0596. The summed E-state index contributed by atoms with van der Waals surface area (Å²) in [6.45, 7) is 0.537. The Morgan fingerprint density at radius 2 is 1.53 bits per heavy atom. The van der Waals surface area contributed by atoms with E-state index in [0.717, 1.165) is 0 Å². The highest BCUT2D eigenvalue weighted by Gasteiger charge is 2.28. The van der Waals surface area contributed by atoms with Crippen molar-refractivity contribution in [3.05, 3.63) is 45.5 Å². The minimum absolute atomic E-state index is 0.0158. The van der Waals surface area contributed by atoms with Crippen LogP contribution in [0.4, 0.5) is 0 Å². The van der Waals surface area contributed by atoms with Gasteiger partial charge in [0.25, 0.3) is 0 Å². The van der Waals surface area contributed by atoms with Crippen LogP contribution in [0.5, 0.6) is 23.0 Å². The van der Waals surface area contributed by atoms with Crippen molar-refractivity contribution in [3.63, 3.8) is 0 Å². The first-order valence-electron chi connectivity index (χ1n) is 9.50. The number of ether oxygens (including phenoxy) is 3. The molecule has 0 atom stereocenters. The fourth-order valence-corrected chi connectivity index (χ4v) is 4.22. The smallest absolute Gasteiger partial charge is 0.341 e. The van der Waals surface area contributed by atoms with Gasteiger partial charge in [0.15, 0.2) is 0 Å². The number of aliphatic hydroxyl groups excluding tert-OH is 2. The number of carbonyl (C=O) groups is 1. The zero-order chi connectivity index (χ0) is 23.7. The number of hydrogen-bond donors (Lipinski definition) is 4. The molecule has 4 N–H and O–H groups in total. The topological polar surface area (TPSA) is 126 Å². The zero-order valence-electron chi connectivity index (χ0n) is 17.9. The molecule has 170 valence electrons. The predicted molar refractivity (Wildman–Crippen MR) is 119 cm³/mol. The van der Waals surface area contributed by atoms with Crippen LogP contribution in [0.25, 0.3) is 21.9 Å². The minimum Gasteiger partial charge on any atom is -0.506 e. The molecule has 3 aromatic carbocycles. The second kappa shape index (κ2) is 9.12. The van der Waals surface area contributed by atoms with Gasteiger partial charge in [-0.3, -0.25) is 0 Å². The molecule has 0 aliphatic rings. The number of fused-ring (bicyclic) bond motifs is 1. The van der Waals surface area contributed by atoms with Gasteiger partial charge in [-0.1, -0.05) is 17.7 Å². The quantitative estimate of drug-likeness (QED) is 0.409. The molecular weight excluding hydrogens is 440 g/mol. The number of hydrogen-bond acceptors (Lipinski definition) is 8. The number of aromatic hydroxyl groups is 2. The highest BCUT2D eigenvalue weighted by atomic mass is 35.5. The maximum atomic E-state index is 12.3. The molecule has 0 aliphatic heterocycles. The molecule has 32 heavy (non-hydrogen) atoms. The molecular formula is C23H23ClO8. The lowest BCUT2D eigenvalue weighted by Gasteiger charge is -2.21. The molecule has 0 aromatic heterocycles. The summed E-state index contributed by atoms with van der Waals surface area (Å²) in [5.74, 6) is -1.17. The summed E-state index contributed by atoms with van der Waals surface area (Å²) in [7, 11) is 3.98. The van der Waals surface area contributed by atoms with Crippen LogP contribution in [0, 0.1) is 6.92 Å². The molecule has 9 heteroatoms. The van der Waals surface area contributed by atoms with Gasteiger partial charge in [0.1, 0.15) is 28.6 Å². The van der Waals surface area contributed by atoms with E-state index in [4.69, 9.17) is 25.8 Å². The maximum Gasteiger partial charge on any atom is 0.341 e. The fraction of sp³-hybridized carbons (Fsp3) is 0.261. The fourth-order valence-electron chi connectivity index (χ4n) is 3.94. The van der Waals surface area contributed by atoms with E-state index in [1.807, 2.05) is 0 Å². The second-order valence-electron chi connectivity index (χ2n) is 7.03. The van der Waals surface area contributed by atoms with Gasteiger partial charge in [-0.2, -0.15) is 0 Å². The normalized spacial score (nSPS) is 11.0. The molecule has 0 fully saturated rings. The third kappa shape index (κ3) is 3.56. The van der Waals surface area contributed by atoms with Crippen LogP contribution in [-0.2, 0) is 18.0 Å².